The Bertz CT molecular complexity index is 780. The Labute approximate surface area is 157 Å². The predicted molar refractivity (Wildman–Crippen MR) is 101 cm³/mol. The smallest absolute Gasteiger partial charge is 0.227 e. The maximum Gasteiger partial charge on any atom is 0.227 e. The summed E-state index contributed by atoms with van der Waals surface area (Å²) in [5, 5.41) is 8.92. The number of carbonyl (C=O) groups is 1. The van der Waals surface area contributed by atoms with E-state index in [2.05, 4.69) is 10.4 Å². The molecule has 1 N–H and O–H groups in total. The van der Waals surface area contributed by atoms with Crippen molar-refractivity contribution < 1.29 is 4.79 Å². The van der Waals surface area contributed by atoms with Gasteiger partial charge in [-0.3, -0.25) is 4.79 Å². The number of halogens is 2. The zero-order valence-electron chi connectivity index (χ0n) is 14.5. The number of hydrogen-bond acceptors (Lipinski definition) is 3. The molecular formula is C18H22Cl2N4O. The molecule has 2 aromatic rings. The van der Waals surface area contributed by atoms with Crippen molar-refractivity contribution in [2.24, 2.45) is 0 Å². The lowest BCUT2D eigenvalue weighted by Gasteiger charge is -2.20. The van der Waals surface area contributed by atoms with Crippen molar-refractivity contribution >= 4 is 29.1 Å². The Hall–Kier alpha value is -1.56. The van der Waals surface area contributed by atoms with Gasteiger partial charge < -0.3 is 10.2 Å². The Kier molecular flexibility index (Phi) is 5.67. The number of nitrogens with zero attached hydrogens (tertiary/aromatic N) is 3. The van der Waals surface area contributed by atoms with Crippen LogP contribution in [0.25, 0.3) is 5.69 Å². The Morgan fingerprint density at radius 1 is 1.20 bits per heavy atom. The van der Waals surface area contributed by atoms with Gasteiger partial charge in [0, 0.05) is 30.9 Å². The van der Waals surface area contributed by atoms with E-state index in [-0.39, 0.29) is 5.91 Å². The summed E-state index contributed by atoms with van der Waals surface area (Å²) in [5.74, 6) is 0.156. The summed E-state index contributed by atoms with van der Waals surface area (Å²) >= 11 is 12.1. The first-order valence-electron chi connectivity index (χ1n) is 8.46. The van der Waals surface area contributed by atoms with Crippen LogP contribution in [0, 0.1) is 13.8 Å². The van der Waals surface area contributed by atoms with Crippen molar-refractivity contribution in [1.29, 1.82) is 0 Å². The highest BCUT2D eigenvalue weighted by Gasteiger charge is 2.20. The van der Waals surface area contributed by atoms with E-state index < -0.39 is 0 Å². The minimum absolute atomic E-state index is 0.156. The molecule has 0 spiro atoms. The lowest BCUT2D eigenvalue weighted by Crippen LogP contribution is -2.35. The molecule has 1 aromatic carbocycles. The molecule has 0 unspecified atom stereocenters. The molecule has 2 heterocycles. The van der Waals surface area contributed by atoms with Crippen molar-refractivity contribution in [3.8, 4) is 5.69 Å². The highest BCUT2D eigenvalue weighted by atomic mass is 35.5. The molecule has 7 heteroatoms. The second-order valence-electron chi connectivity index (χ2n) is 6.32. The molecule has 1 fully saturated rings. The van der Waals surface area contributed by atoms with Crippen LogP contribution in [0.2, 0.25) is 10.0 Å². The molecule has 1 aliphatic heterocycles. The Morgan fingerprint density at radius 3 is 2.76 bits per heavy atom. The van der Waals surface area contributed by atoms with Crippen LogP contribution in [0.4, 0.5) is 0 Å². The first-order valence-corrected chi connectivity index (χ1v) is 9.22. The summed E-state index contributed by atoms with van der Waals surface area (Å²) in [7, 11) is 0. The van der Waals surface area contributed by atoms with Crippen LogP contribution < -0.4 is 5.32 Å². The van der Waals surface area contributed by atoms with Crippen LogP contribution in [0.3, 0.4) is 0 Å². The fourth-order valence-corrected chi connectivity index (χ4v) is 3.45. The van der Waals surface area contributed by atoms with Crippen molar-refractivity contribution in [3.05, 3.63) is 45.2 Å². The molecule has 1 aromatic heterocycles. The summed E-state index contributed by atoms with van der Waals surface area (Å²) < 4.78 is 1.82. The summed E-state index contributed by atoms with van der Waals surface area (Å²) in [4.78, 5) is 14.6. The van der Waals surface area contributed by atoms with Gasteiger partial charge >= 0.3 is 0 Å². The van der Waals surface area contributed by atoms with Gasteiger partial charge in [0.25, 0.3) is 0 Å². The summed E-state index contributed by atoms with van der Waals surface area (Å²) in [5.41, 5.74) is 3.64. The number of aryl methyl sites for hydroxylation is 1. The van der Waals surface area contributed by atoms with E-state index in [1.807, 2.05) is 29.5 Å². The van der Waals surface area contributed by atoms with Gasteiger partial charge in [0.2, 0.25) is 5.91 Å². The number of nitrogens with one attached hydrogen (secondary N) is 1. The van der Waals surface area contributed by atoms with Crippen molar-refractivity contribution in [3.63, 3.8) is 0 Å². The number of hydrogen-bond donors (Lipinski definition) is 1. The van der Waals surface area contributed by atoms with Crippen LogP contribution in [-0.2, 0) is 11.2 Å². The fraction of sp³-hybridized carbons (Fsp3) is 0.444. The number of amides is 1. The lowest BCUT2D eigenvalue weighted by molar-refractivity contribution is -0.130. The molecule has 1 saturated heterocycles. The van der Waals surface area contributed by atoms with Crippen molar-refractivity contribution in [2.45, 2.75) is 26.7 Å². The molecule has 3 rings (SSSR count). The number of carbonyl (C=O) groups excluding carboxylic acids is 1. The van der Waals surface area contributed by atoms with E-state index in [1.165, 1.54) is 0 Å². The fourth-order valence-electron chi connectivity index (χ4n) is 3.16. The third kappa shape index (κ3) is 4.00. The molecule has 0 saturated carbocycles. The third-order valence-electron chi connectivity index (χ3n) is 4.61. The van der Waals surface area contributed by atoms with Crippen molar-refractivity contribution in [1.82, 2.24) is 20.0 Å². The zero-order valence-corrected chi connectivity index (χ0v) is 16.0. The van der Waals surface area contributed by atoms with E-state index in [1.54, 1.807) is 12.1 Å². The van der Waals surface area contributed by atoms with Gasteiger partial charge in [-0.2, -0.15) is 5.10 Å². The predicted octanol–water partition coefficient (Wildman–Crippen LogP) is 3.16. The minimum Gasteiger partial charge on any atom is -0.341 e. The van der Waals surface area contributed by atoms with E-state index in [0.717, 1.165) is 55.2 Å². The normalized spacial score (nSPS) is 15.3. The lowest BCUT2D eigenvalue weighted by atomic mass is 10.1. The van der Waals surface area contributed by atoms with Crippen LogP contribution in [0.15, 0.2) is 18.2 Å². The highest BCUT2D eigenvalue weighted by Crippen LogP contribution is 2.26. The number of rotatable bonds is 3. The van der Waals surface area contributed by atoms with Gasteiger partial charge in [-0.25, -0.2) is 4.68 Å². The Balaban J connectivity index is 1.84. The van der Waals surface area contributed by atoms with Gasteiger partial charge in [-0.05, 0) is 45.0 Å². The van der Waals surface area contributed by atoms with E-state index in [0.29, 0.717) is 16.5 Å². The van der Waals surface area contributed by atoms with E-state index in [4.69, 9.17) is 23.2 Å². The van der Waals surface area contributed by atoms with Crippen LogP contribution in [0.5, 0.6) is 0 Å². The summed E-state index contributed by atoms with van der Waals surface area (Å²) in [6, 6.07) is 5.42. The molecule has 134 valence electrons. The van der Waals surface area contributed by atoms with Gasteiger partial charge in [-0.15, -0.1) is 0 Å². The first kappa shape index (κ1) is 18.2. The van der Waals surface area contributed by atoms with Crippen molar-refractivity contribution in [2.75, 3.05) is 26.2 Å². The topological polar surface area (TPSA) is 50.2 Å². The second-order valence-corrected chi connectivity index (χ2v) is 7.14. The standard InChI is InChI=1S/C18H22Cl2N4O/c1-12-15(11-18(25)23-8-3-6-21-7-9-23)13(2)24(22-12)14-4-5-16(19)17(20)10-14/h4-5,10,21H,3,6-9,11H2,1-2H3. The van der Waals surface area contributed by atoms with Crippen LogP contribution >= 0.6 is 23.2 Å². The monoisotopic (exact) mass is 380 g/mol. The van der Waals surface area contributed by atoms with Gasteiger partial charge in [0.05, 0.1) is 27.8 Å². The second kappa shape index (κ2) is 7.77. The number of aromatic nitrogens is 2. The maximum absolute atomic E-state index is 12.7. The summed E-state index contributed by atoms with van der Waals surface area (Å²) in [6.45, 7) is 7.31. The van der Waals surface area contributed by atoms with E-state index in [9.17, 15) is 4.79 Å². The van der Waals surface area contributed by atoms with Gasteiger partial charge in [0.1, 0.15) is 0 Å². The molecular weight excluding hydrogens is 359 g/mol. The quantitative estimate of drug-likeness (QED) is 0.889. The minimum atomic E-state index is 0.156. The van der Waals surface area contributed by atoms with Crippen LogP contribution in [0.1, 0.15) is 23.4 Å². The highest BCUT2D eigenvalue weighted by molar-refractivity contribution is 6.42. The molecule has 5 nitrogen and oxygen atoms in total. The first-order chi connectivity index (χ1) is 12.0. The number of benzene rings is 1. The molecule has 0 radical (unpaired) electrons. The molecule has 0 aliphatic carbocycles. The average Bonchev–Trinajstić information content (AvgIpc) is 2.79. The molecule has 0 bridgehead atoms. The SMILES string of the molecule is Cc1nn(-c2ccc(Cl)c(Cl)c2)c(C)c1CC(=O)N1CCCNCC1. The van der Waals surface area contributed by atoms with Gasteiger partial charge in [-0.1, -0.05) is 23.2 Å². The molecule has 25 heavy (non-hydrogen) atoms. The summed E-state index contributed by atoms with van der Waals surface area (Å²) in [6.07, 6.45) is 1.37. The average molecular weight is 381 g/mol. The largest absolute Gasteiger partial charge is 0.341 e. The van der Waals surface area contributed by atoms with Crippen LogP contribution in [-0.4, -0.2) is 46.8 Å². The molecule has 1 amide bonds. The maximum atomic E-state index is 12.7. The Morgan fingerprint density at radius 2 is 2.00 bits per heavy atom. The molecule has 0 atom stereocenters. The van der Waals surface area contributed by atoms with E-state index >= 15 is 0 Å². The zero-order chi connectivity index (χ0) is 18.0. The van der Waals surface area contributed by atoms with Gasteiger partial charge in [0.15, 0.2) is 0 Å². The molecule has 1 aliphatic rings. The third-order valence-corrected chi connectivity index (χ3v) is 5.35.